The van der Waals surface area contributed by atoms with E-state index in [4.69, 9.17) is 28.9 Å². The average molecular weight is 298 g/mol. The molecule has 1 unspecified atom stereocenters. The van der Waals surface area contributed by atoms with Gasteiger partial charge in [0.05, 0.1) is 10.0 Å². The van der Waals surface area contributed by atoms with E-state index in [9.17, 15) is 0 Å². The van der Waals surface area contributed by atoms with Gasteiger partial charge in [-0.1, -0.05) is 49.5 Å². The second-order valence-corrected chi connectivity index (χ2v) is 5.59. The van der Waals surface area contributed by atoms with Crippen LogP contribution in [0.5, 0.6) is 0 Å². The van der Waals surface area contributed by atoms with Gasteiger partial charge in [-0.05, 0) is 24.5 Å². The number of nitrogens with two attached hydrogens (primary N) is 1. The molecule has 2 aromatic rings. The monoisotopic (exact) mass is 297 g/mol. The van der Waals surface area contributed by atoms with Gasteiger partial charge in [0, 0.05) is 16.8 Å². The summed E-state index contributed by atoms with van der Waals surface area (Å²) in [5, 5.41) is 8.28. The largest absolute Gasteiger partial charge is 0.382 e. The first kappa shape index (κ1) is 14.2. The second-order valence-electron chi connectivity index (χ2n) is 4.78. The summed E-state index contributed by atoms with van der Waals surface area (Å²) in [7, 11) is 0. The van der Waals surface area contributed by atoms with Gasteiger partial charge in [0.2, 0.25) is 0 Å². The number of hydrogen-bond donors (Lipinski definition) is 2. The van der Waals surface area contributed by atoms with Gasteiger partial charge in [-0.25, -0.2) is 0 Å². The molecule has 0 amide bonds. The van der Waals surface area contributed by atoms with Crippen molar-refractivity contribution in [3.8, 4) is 11.1 Å². The van der Waals surface area contributed by atoms with Gasteiger partial charge in [-0.15, -0.1) is 0 Å². The number of anilines is 1. The van der Waals surface area contributed by atoms with Gasteiger partial charge in [-0.3, -0.25) is 5.10 Å². The number of halogens is 2. The zero-order chi connectivity index (χ0) is 14.0. The number of aromatic nitrogens is 2. The standard InChI is InChI=1S/C14H17Cl2N3/c1-3-8(2)7-11-13(14(17)19-18-11)12-9(15)5-4-6-10(12)16/h4-6,8H,3,7H2,1-2H3,(H3,17,18,19). The van der Waals surface area contributed by atoms with Gasteiger partial charge < -0.3 is 5.73 Å². The summed E-state index contributed by atoms with van der Waals surface area (Å²) in [5.74, 6) is 0.980. The summed E-state index contributed by atoms with van der Waals surface area (Å²) in [6.45, 7) is 4.35. The number of nitrogens with one attached hydrogen (secondary N) is 1. The van der Waals surface area contributed by atoms with Crippen molar-refractivity contribution >= 4 is 29.0 Å². The third-order valence-electron chi connectivity index (χ3n) is 3.33. The van der Waals surface area contributed by atoms with E-state index >= 15 is 0 Å². The Morgan fingerprint density at radius 3 is 2.47 bits per heavy atom. The van der Waals surface area contributed by atoms with Crippen molar-refractivity contribution < 1.29 is 0 Å². The van der Waals surface area contributed by atoms with E-state index < -0.39 is 0 Å². The molecule has 0 bridgehead atoms. The van der Waals surface area contributed by atoms with Crippen LogP contribution in [0.15, 0.2) is 18.2 Å². The lowest BCUT2D eigenvalue weighted by atomic mass is 9.97. The normalized spacial score (nSPS) is 12.6. The molecule has 2 rings (SSSR count). The molecule has 3 nitrogen and oxygen atoms in total. The van der Waals surface area contributed by atoms with E-state index in [2.05, 4.69) is 24.0 Å². The minimum Gasteiger partial charge on any atom is -0.382 e. The summed E-state index contributed by atoms with van der Waals surface area (Å²) in [4.78, 5) is 0. The SMILES string of the molecule is CCC(C)Cc1[nH]nc(N)c1-c1c(Cl)cccc1Cl. The molecule has 1 aromatic heterocycles. The van der Waals surface area contributed by atoms with Crippen LogP contribution in [0.3, 0.4) is 0 Å². The summed E-state index contributed by atoms with van der Waals surface area (Å²) >= 11 is 12.5. The molecule has 0 aliphatic carbocycles. The first-order valence-corrected chi connectivity index (χ1v) is 7.07. The average Bonchev–Trinajstić information content (AvgIpc) is 2.71. The fourth-order valence-electron chi connectivity index (χ4n) is 2.05. The Hall–Kier alpha value is -1.19. The number of hydrogen-bond acceptors (Lipinski definition) is 2. The molecule has 5 heteroatoms. The quantitative estimate of drug-likeness (QED) is 0.869. The van der Waals surface area contributed by atoms with Crippen LogP contribution in [0.25, 0.3) is 11.1 Å². The molecular formula is C14H17Cl2N3. The van der Waals surface area contributed by atoms with E-state index in [1.54, 1.807) is 0 Å². The van der Waals surface area contributed by atoms with Crippen LogP contribution >= 0.6 is 23.2 Å². The highest BCUT2D eigenvalue weighted by molar-refractivity contribution is 6.39. The summed E-state index contributed by atoms with van der Waals surface area (Å²) in [6, 6.07) is 5.43. The van der Waals surface area contributed by atoms with Crippen LogP contribution in [0.4, 0.5) is 5.82 Å². The molecule has 0 fully saturated rings. The van der Waals surface area contributed by atoms with Crippen LogP contribution in [0.2, 0.25) is 10.0 Å². The fraction of sp³-hybridized carbons (Fsp3) is 0.357. The van der Waals surface area contributed by atoms with E-state index in [-0.39, 0.29) is 0 Å². The van der Waals surface area contributed by atoms with Crippen LogP contribution in [0, 0.1) is 5.92 Å². The Bertz CT molecular complexity index is 558. The van der Waals surface area contributed by atoms with Crippen LogP contribution < -0.4 is 5.73 Å². The van der Waals surface area contributed by atoms with Crippen molar-refractivity contribution in [2.75, 3.05) is 5.73 Å². The maximum absolute atomic E-state index is 6.25. The Morgan fingerprint density at radius 1 is 1.26 bits per heavy atom. The van der Waals surface area contributed by atoms with Crippen molar-refractivity contribution in [3.63, 3.8) is 0 Å². The number of benzene rings is 1. The van der Waals surface area contributed by atoms with E-state index in [0.29, 0.717) is 21.8 Å². The lowest BCUT2D eigenvalue weighted by molar-refractivity contribution is 0.552. The summed E-state index contributed by atoms with van der Waals surface area (Å²) in [5.41, 5.74) is 8.55. The van der Waals surface area contributed by atoms with Gasteiger partial charge in [0.15, 0.2) is 5.82 Å². The van der Waals surface area contributed by atoms with Crippen LogP contribution in [-0.2, 0) is 6.42 Å². The maximum atomic E-state index is 6.25. The molecule has 0 saturated heterocycles. The third kappa shape index (κ3) is 2.88. The molecule has 1 heterocycles. The smallest absolute Gasteiger partial charge is 0.153 e. The van der Waals surface area contributed by atoms with E-state index in [1.165, 1.54) is 0 Å². The highest BCUT2D eigenvalue weighted by Gasteiger charge is 2.19. The van der Waals surface area contributed by atoms with Crippen LogP contribution in [-0.4, -0.2) is 10.2 Å². The Balaban J connectivity index is 2.53. The minimum absolute atomic E-state index is 0.438. The van der Waals surface area contributed by atoms with Crippen molar-refractivity contribution in [2.45, 2.75) is 26.7 Å². The zero-order valence-electron chi connectivity index (χ0n) is 11.0. The van der Waals surface area contributed by atoms with Crippen molar-refractivity contribution in [3.05, 3.63) is 33.9 Å². The number of aromatic amines is 1. The number of rotatable bonds is 4. The number of H-pyrrole nitrogens is 1. The van der Waals surface area contributed by atoms with Crippen molar-refractivity contribution in [1.29, 1.82) is 0 Å². The topological polar surface area (TPSA) is 54.7 Å². The van der Waals surface area contributed by atoms with E-state index in [1.807, 2.05) is 18.2 Å². The molecular weight excluding hydrogens is 281 g/mol. The molecule has 1 aromatic carbocycles. The van der Waals surface area contributed by atoms with Gasteiger partial charge in [-0.2, -0.15) is 5.10 Å². The van der Waals surface area contributed by atoms with Crippen molar-refractivity contribution in [2.24, 2.45) is 5.92 Å². The lowest BCUT2D eigenvalue weighted by Gasteiger charge is -2.11. The predicted molar refractivity (Wildman–Crippen MR) is 81.6 cm³/mol. The number of nitrogens with zero attached hydrogens (tertiary/aromatic N) is 1. The predicted octanol–water partition coefficient (Wildman–Crippen LogP) is 4.55. The third-order valence-corrected chi connectivity index (χ3v) is 3.96. The fourth-order valence-corrected chi connectivity index (χ4v) is 2.64. The maximum Gasteiger partial charge on any atom is 0.153 e. The first-order chi connectivity index (χ1) is 9.04. The summed E-state index contributed by atoms with van der Waals surface area (Å²) in [6.07, 6.45) is 1.96. The van der Waals surface area contributed by atoms with Gasteiger partial charge in [0.1, 0.15) is 0 Å². The molecule has 0 spiro atoms. The molecule has 1 atom stereocenters. The lowest BCUT2D eigenvalue weighted by Crippen LogP contribution is -2.00. The molecule has 0 saturated carbocycles. The highest BCUT2D eigenvalue weighted by atomic mass is 35.5. The number of nitrogen functional groups attached to an aromatic ring is 1. The van der Waals surface area contributed by atoms with Crippen molar-refractivity contribution in [1.82, 2.24) is 10.2 Å². The molecule has 102 valence electrons. The van der Waals surface area contributed by atoms with Gasteiger partial charge in [0.25, 0.3) is 0 Å². The zero-order valence-corrected chi connectivity index (χ0v) is 12.5. The molecule has 3 N–H and O–H groups in total. The second kappa shape index (κ2) is 5.85. The first-order valence-electron chi connectivity index (χ1n) is 6.31. The minimum atomic E-state index is 0.438. The van der Waals surface area contributed by atoms with E-state index in [0.717, 1.165) is 29.7 Å². The molecule has 0 radical (unpaired) electrons. The Labute approximate surface area is 123 Å². The molecule has 0 aliphatic rings. The van der Waals surface area contributed by atoms with Crippen LogP contribution in [0.1, 0.15) is 26.0 Å². The van der Waals surface area contributed by atoms with Gasteiger partial charge >= 0.3 is 0 Å². The molecule has 19 heavy (non-hydrogen) atoms. The summed E-state index contributed by atoms with van der Waals surface area (Å²) < 4.78 is 0. The Kier molecular flexibility index (Phi) is 4.38. The molecule has 0 aliphatic heterocycles. The highest BCUT2D eigenvalue weighted by Crippen LogP contribution is 2.39. The Morgan fingerprint density at radius 2 is 1.89 bits per heavy atom.